The minimum absolute atomic E-state index is 0.0382. The molecule has 22 heavy (non-hydrogen) atoms. The lowest BCUT2D eigenvalue weighted by atomic mass is 10.0. The van der Waals surface area contributed by atoms with Gasteiger partial charge in [-0.3, -0.25) is 0 Å². The first-order valence-corrected chi connectivity index (χ1v) is 8.56. The van der Waals surface area contributed by atoms with E-state index in [4.69, 9.17) is 13.3 Å². The quantitative estimate of drug-likeness (QED) is 0.454. The van der Waals surface area contributed by atoms with Gasteiger partial charge in [0.1, 0.15) is 0 Å². The molecule has 0 radical (unpaired) electrons. The molecule has 0 amide bonds. The van der Waals surface area contributed by atoms with Crippen molar-refractivity contribution >= 4 is 8.80 Å². The maximum Gasteiger partial charge on any atom is 0.501 e. The summed E-state index contributed by atoms with van der Waals surface area (Å²) in [6.07, 6.45) is -14.0. The zero-order valence-corrected chi connectivity index (χ0v) is 13.4. The fourth-order valence-corrected chi connectivity index (χ4v) is 4.42. The van der Waals surface area contributed by atoms with Crippen LogP contribution in [0.5, 0.6) is 0 Å². The second-order valence-corrected chi connectivity index (χ2v) is 7.01. The molecule has 0 aliphatic rings. The van der Waals surface area contributed by atoms with Crippen LogP contribution in [-0.4, -0.2) is 46.6 Å². The highest BCUT2D eigenvalue weighted by molar-refractivity contribution is 6.60. The number of alkyl halides is 7. The van der Waals surface area contributed by atoms with E-state index in [1.54, 1.807) is 0 Å². The summed E-state index contributed by atoms with van der Waals surface area (Å²) < 4.78 is 104. The van der Waals surface area contributed by atoms with Gasteiger partial charge >= 0.3 is 21.2 Å². The van der Waals surface area contributed by atoms with Crippen molar-refractivity contribution in [2.24, 2.45) is 0 Å². The average Bonchev–Trinajstić information content (AvgIpc) is 2.34. The van der Waals surface area contributed by atoms with Gasteiger partial charge in [0.05, 0.1) is 0 Å². The SMILES string of the molecule is CCO[Si](CCC(F)(C(F)(F)F)C(F)(F)F)(OCC)OCC. The van der Waals surface area contributed by atoms with Crippen molar-refractivity contribution in [3.05, 3.63) is 0 Å². The van der Waals surface area contributed by atoms with E-state index >= 15 is 0 Å². The first kappa shape index (κ1) is 21.6. The van der Waals surface area contributed by atoms with E-state index < -0.39 is 39.3 Å². The van der Waals surface area contributed by atoms with E-state index in [9.17, 15) is 30.7 Å². The van der Waals surface area contributed by atoms with Gasteiger partial charge < -0.3 is 13.3 Å². The van der Waals surface area contributed by atoms with Crippen molar-refractivity contribution in [3.8, 4) is 0 Å². The van der Waals surface area contributed by atoms with E-state index in [-0.39, 0.29) is 19.8 Å². The van der Waals surface area contributed by atoms with Gasteiger partial charge in [0.25, 0.3) is 5.67 Å². The van der Waals surface area contributed by atoms with Crippen LogP contribution >= 0.6 is 0 Å². The van der Waals surface area contributed by atoms with Crippen LogP contribution < -0.4 is 0 Å². The highest BCUT2D eigenvalue weighted by Gasteiger charge is 2.72. The summed E-state index contributed by atoms with van der Waals surface area (Å²) in [5.41, 5.74) is -5.33. The van der Waals surface area contributed by atoms with Crippen LogP contribution in [0.3, 0.4) is 0 Å². The van der Waals surface area contributed by atoms with Gasteiger partial charge in [-0.1, -0.05) is 0 Å². The second-order valence-electron chi connectivity index (χ2n) is 4.28. The van der Waals surface area contributed by atoms with Crippen molar-refractivity contribution in [2.75, 3.05) is 19.8 Å². The molecule has 0 aliphatic carbocycles. The zero-order chi connectivity index (χ0) is 17.7. The zero-order valence-electron chi connectivity index (χ0n) is 12.4. The smallest absolute Gasteiger partial charge is 0.374 e. The van der Waals surface area contributed by atoms with Crippen LogP contribution in [0.1, 0.15) is 27.2 Å². The summed E-state index contributed by atoms with van der Waals surface area (Å²) >= 11 is 0. The normalized spacial score (nSPS) is 14.5. The number of hydrogen-bond acceptors (Lipinski definition) is 3. The molecule has 0 bridgehead atoms. The lowest BCUT2D eigenvalue weighted by Crippen LogP contribution is -2.55. The van der Waals surface area contributed by atoms with Crippen molar-refractivity contribution < 1.29 is 44.0 Å². The molecule has 0 heterocycles. The van der Waals surface area contributed by atoms with Gasteiger partial charge in [-0.05, 0) is 20.8 Å². The molecule has 0 rings (SSSR count). The Balaban J connectivity index is 5.37. The second kappa shape index (κ2) is 7.93. The molecule has 0 saturated carbocycles. The first-order valence-electron chi connectivity index (χ1n) is 6.63. The Morgan fingerprint density at radius 3 is 1.23 bits per heavy atom. The van der Waals surface area contributed by atoms with E-state index in [1.165, 1.54) is 20.8 Å². The van der Waals surface area contributed by atoms with E-state index in [2.05, 4.69) is 0 Å². The molecule has 0 atom stereocenters. The Bertz CT molecular complexity index is 302. The van der Waals surface area contributed by atoms with Gasteiger partial charge in [0, 0.05) is 32.3 Å². The molecule has 0 aromatic carbocycles. The van der Waals surface area contributed by atoms with Crippen LogP contribution in [-0.2, 0) is 13.3 Å². The predicted molar refractivity (Wildman–Crippen MR) is 66.0 cm³/mol. The largest absolute Gasteiger partial charge is 0.501 e. The lowest BCUT2D eigenvalue weighted by molar-refractivity contribution is -0.342. The van der Waals surface area contributed by atoms with Gasteiger partial charge in [0.2, 0.25) is 0 Å². The average molecular weight is 360 g/mol. The molecule has 11 heteroatoms. The first-order chi connectivity index (χ1) is 9.89. The van der Waals surface area contributed by atoms with Crippen LogP contribution in [0.2, 0.25) is 6.04 Å². The monoisotopic (exact) mass is 360 g/mol. The van der Waals surface area contributed by atoms with Crippen LogP contribution in [0.25, 0.3) is 0 Å². The molecule has 0 aromatic heterocycles. The highest BCUT2D eigenvalue weighted by Crippen LogP contribution is 2.49. The number of hydrogen-bond donors (Lipinski definition) is 0. The molecule has 0 saturated heterocycles. The fraction of sp³-hybridized carbons (Fsp3) is 1.00. The van der Waals surface area contributed by atoms with Crippen LogP contribution in [0, 0.1) is 0 Å². The molecule has 134 valence electrons. The molecular formula is C11H19F7O3Si. The van der Waals surface area contributed by atoms with Crippen LogP contribution in [0.4, 0.5) is 30.7 Å². The van der Waals surface area contributed by atoms with Crippen LogP contribution in [0.15, 0.2) is 0 Å². The molecular weight excluding hydrogens is 341 g/mol. The van der Waals surface area contributed by atoms with Crippen molar-refractivity contribution in [1.29, 1.82) is 0 Å². The van der Waals surface area contributed by atoms with Gasteiger partial charge in [-0.2, -0.15) is 26.3 Å². The third-order valence-corrected chi connectivity index (χ3v) is 5.81. The topological polar surface area (TPSA) is 27.7 Å². The highest BCUT2D eigenvalue weighted by atomic mass is 28.4. The Labute approximate surface area is 125 Å². The molecule has 0 aliphatic heterocycles. The van der Waals surface area contributed by atoms with Crippen molar-refractivity contribution in [1.82, 2.24) is 0 Å². The third-order valence-electron chi connectivity index (χ3n) is 2.77. The molecule has 3 nitrogen and oxygen atoms in total. The third kappa shape index (κ3) is 5.07. The van der Waals surface area contributed by atoms with Crippen molar-refractivity contribution in [2.45, 2.75) is 51.3 Å². The van der Waals surface area contributed by atoms with E-state index in [0.717, 1.165) is 0 Å². The number of rotatable bonds is 9. The Kier molecular flexibility index (Phi) is 7.79. The van der Waals surface area contributed by atoms with E-state index in [0.29, 0.717) is 0 Å². The van der Waals surface area contributed by atoms with Crippen molar-refractivity contribution in [3.63, 3.8) is 0 Å². The summed E-state index contributed by atoms with van der Waals surface area (Å²) in [7, 11) is -3.80. The Hall–Kier alpha value is -0.393. The molecule has 0 spiro atoms. The molecule has 0 aromatic rings. The summed E-state index contributed by atoms with van der Waals surface area (Å²) in [4.78, 5) is 0. The van der Waals surface area contributed by atoms with Gasteiger partial charge in [-0.15, -0.1) is 0 Å². The predicted octanol–water partition coefficient (Wildman–Crippen LogP) is 4.26. The molecule has 0 fully saturated rings. The summed E-state index contributed by atoms with van der Waals surface area (Å²) in [6, 6.07) is -0.933. The summed E-state index contributed by atoms with van der Waals surface area (Å²) in [5.74, 6) is 0. The number of halogens is 7. The minimum Gasteiger partial charge on any atom is -0.374 e. The van der Waals surface area contributed by atoms with Gasteiger partial charge in [-0.25, -0.2) is 4.39 Å². The maximum absolute atomic E-state index is 13.7. The Morgan fingerprint density at radius 1 is 0.682 bits per heavy atom. The summed E-state index contributed by atoms with van der Waals surface area (Å²) in [5, 5.41) is 0. The molecule has 0 unspecified atom stereocenters. The van der Waals surface area contributed by atoms with E-state index in [1.807, 2.05) is 0 Å². The summed E-state index contributed by atoms with van der Waals surface area (Å²) in [6.45, 7) is 4.33. The standard InChI is InChI=1S/C11H19F7O3Si/c1-4-19-22(20-5-2,21-6-3)8-7-9(12,10(13,14)15)11(16,17)18/h4-8H2,1-3H3. The fourth-order valence-electron chi connectivity index (χ4n) is 1.77. The molecule has 0 N–H and O–H groups in total. The van der Waals surface area contributed by atoms with Gasteiger partial charge in [0.15, 0.2) is 0 Å². The lowest BCUT2D eigenvalue weighted by Gasteiger charge is -2.34. The maximum atomic E-state index is 13.7. The Morgan fingerprint density at radius 2 is 1.00 bits per heavy atom. The minimum atomic E-state index is -6.09.